The third-order valence-electron chi connectivity index (χ3n) is 3.73. The zero-order valence-electron chi connectivity index (χ0n) is 12.0. The molecule has 0 bridgehead atoms. The number of benzene rings is 1. The van der Waals surface area contributed by atoms with Crippen LogP contribution in [0, 0.1) is 5.92 Å². The molecule has 1 fully saturated rings. The van der Waals surface area contributed by atoms with Gasteiger partial charge in [0.15, 0.2) is 9.84 Å². The number of nitrogens with one attached hydrogen (secondary N) is 2. The van der Waals surface area contributed by atoms with E-state index in [0.29, 0.717) is 18.7 Å². The molecule has 2 N–H and O–H groups in total. The molecular weight excluding hydrogens is 302 g/mol. The molecule has 1 aromatic carbocycles. The van der Waals surface area contributed by atoms with Gasteiger partial charge in [-0.1, -0.05) is 18.2 Å². The SMILES string of the molecule is O=C(NCC1CCS(=O)(=O)C1)Nc1cnc2ccccc2c1. The van der Waals surface area contributed by atoms with Gasteiger partial charge in [-0.05, 0) is 24.5 Å². The summed E-state index contributed by atoms with van der Waals surface area (Å²) < 4.78 is 22.7. The Morgan fingerprint density at radius 1 is 1.32 bits per heavy atom. The molecule has 1 aliphatic heterocycles. The first kappa shape index (κ1) is 14.8. The van der Waals surface area contributed by atoms with Crippen molar-refractivity contribution in [2.24, 2.45) is 5.92 Å². The summed E-state index contributed by atoms with van der Waals surface area (Å²) in [5, 5.41) is 6.38. The molecule has 2 heterocycles. The average Bonchev–Trinajstić information content (AvgIpc) is 2.84. The van der Waals surface area contributed by atoms with E-state index in [1.165, 1.54) is 0 Å². The Balaban J connectivity index is 1.56. The summed E-state index contributed by atoms with van der Waals surface area (Å²) in [7, 11) is -2.91. The molecule has 6 nitrogen and oxygen atoms in total. The summed E-state index contributed by atoms with van der Waals surface area (Å²) in [4.78, 5) is 16.1. The molecule has 22 heavy (non-hydrogen) atoms. The molecular formula is C15H17N3O3S. The van der Waals surface area contributed by atoms with E-state index in [4.69, 9.17) is 0 Å². The van der Waals surface area contributed by atoms with Crippen LogP contribution >= 0.6 is 0 Å². The van der Waals surface area contributed by atoms with Crippen LogP contribution in [0.4, 0.5) is 10.5 Å². The van der Waals surface area contributed by atoms with Crippen LogP contribution in [0.15, 0.2) is 36.5 Å². The fourth-order valence-corrected chi connectivity index (χ4v) is 4.45. The molecule has 1 aromatic heterocycles. The van der Waals surface area contributed by atoms with Crippen molar-refractivity contribution in [2.45, 2.75) is 6.42 Å². The summed E-state index contributed by atoms with van der Waals surface area (Å²) in [5.74, 6) is 0.380. The molecule has 7 heteroatoms. The minimum Gasteiger partial charge on any atom is -0.338 e. The van der Waals surface area contributed by atoms with Crippen molar-refractivity contribution >= 4 is 32.5 Å². The molecule has 1 aliphatic rings. The van der Waals surface area contributed by atoms with Gasteiger partial charge >= 0.3 is 6.03 Å². The Hall–Kier alpha value is -2.15. The van der Waals surface area contributed by atoms with Crippen LogP contribution < -0.4 is 10.6 Å². The van der Waals surface area contributed by atoms with Gasteiger partial charge in [0.2, 0.25) is 0 Å². The van der Waals surface area contributed by atoms with Crippen molar-refractivity contribution < 1.29 is 13.2 Å². The van der Waals surface area contributed by atoms with Crippen LogP contribution in [0.25, 0.3) is 10.9 Å². The second kappa shape index (κ2) is 5.92. The van der Waals surface area contributed by atoms with Crippen LogP contribution in [0.3, 0.4) is 0 Å². The number of para-hydroxylation sites is 1. The number of pyridine rings is 1. The van der Waals surface area contributed by atoms with E-state index in [1.807, 2.05) is 30.3 Å². The molecule has 0 aliphatic carbocycles. The number of hydrogen-bond acceptors (Lipinski definition) is 4. The van der Waals surface area contributed by atoms with Gasteiger partial charge < -0.3 is 10.6 Å². The van der Waals surface area contributed by atoms with Gasteiger partial charge in [0.1, 0.15) is 0 Å². The number of amides is 2. The third kappa shape index (κ3) is 3.54. The number of sulfone groups is 1. The number of urea groups is 1. The summed E-state index contributed by atoms with van der Waals surface area (Å²) in [6.45, 7) is 0.367. The van der Waals surface area contributed by atoms with E-state index >= 15 is 0 Å². The molecule has 0 spiro atoms. The van der Waals surface area contributed by atoms with Gasteiger partial charge in [0.25, 0.3) is 0 Å². The maximum absolute atomic E-state index is 11.9. The fourth-order valence-electron chi connectivity index (χ4n) is 2.58. The topological polar surface area (TPSA) is 88.2 Å². The Bertz CT molecular complexity index is 805. The van der Waals surface area contributed by atoms with E-state index in [2.05, 4.69) is 15.6 Å². The lowest BCUT2D eigenvalue weighted by Gasteiger charge is -2.11. The predicted molar refractivity (Wildman–Crippen MR) is 85.5 cm³/mol. The van der Waals surface area contributed by atoms with Crippen molar-refractivity contribution in [1.29, 1.82) is 0 Å². The first-order valence-electron chi connectivity index (χ1n) is 7.12. The Morgan fingerprint density at radius 2 is 2.14 bits per heavy atom. The van der Waals surface area contributed by atoms with Gasteiger partial charge in [0.05, 0.1) is 28.9 Å². The minimum absolute atomic E-state index is 0.00507. The van der Waals surface area contributed by atoms with E-state index in [-0.39, 0.29) is 23.5 Å². The molecule has 1 atom stereocenters. The molecule has 3 rings (SSSR count). The highest BCUT2D eigenvalue weighted by atomic mass is 32.2. The van der Waals surface area contributed by atoms with E-state index in [0.717, 1.165) is 10.9 Å². The molecule has 2 aromatic rings. The largest absolute Gasteiger partial charge is 0.338 e. The lowest BCUT2D eigenvalue weighted by molar-refractivity contribution is 0.250. The van der Waals surface area contributed by atoms with Crippen molar-refractivity contribution in [1.82, 2.24) is 10.3 Å². The first-order valence-corrected chi connectivity index (χ1v) is 8.94. The normalized spacial score (nSPS) is 19.9. The maximum Gasteiger partial charge on any atom is 0.319 e. The molecule has 1 unspecified atom stereocenters. The zero-order valence-corrected chi connectivity index (χ0v) is 12.8. The van der Waals surface area contributed by atoms with Crippen LogP contribution in [-0.2, 0) is 9.84 Å². The molecule has 0 saturated carbocycles. The van der Waals surface area contributed by atoms with Crippen LogP contribution in [0.1, 0.15) is 6.42 Å². The maximum atomic E-state index is 11.9. The van der Waals surface area contributed by atoms with Gasteiger partial charge in [-0.2, -0.15) is 0 Å². The summed E-state index contributed by atoms with van der Waals surface area (Å²) in [6.07, 6.45) is 2.21. The summed E-state index contributed by atoms with van der Waals surface area (Å²) in [6, 6.07) is 9.15. The molecule has 2 amide bonds. The Labute approximate surface area is 128 Å². The third-order valence-corrected chi connectivity index (χ3v) is 5.56. The van der Waals surface area contributed by atoms with E-state index in [9.17, 15) is 13.2 Å². The predicted octanol–water partition coefficient (Wildman–Crippen LogP) is 1.79. The number of carbonyl (C=O) groups excluding carboxylic acids is 1. The minimum atomic E-state index is -2.91. The van der Waals surface area contributed by atoms with E-state index < -0.39 is 9.84 Å². The second-order valence-electron chi connectivity index (χ2n) is 5.52. The second-order valence-corrected chi connectivity index (χ2v) is 7.75. The number of carbonyl (C=O) groups is 1. The van der Waals surface area contributed by atoms with Gasteiger partial charge in [0, 0.05) is 11.9 Å². The zero-order chi connectivity index (χ0) is 15.6. The van der Waals surface area contributed by atoms with Crippen molar-refractivity contribution in [3.63, 3.8) is 0 Å². The monoisotopic (exact) mass is 319 g/mol. The van der Waals surface area contributed by atoms with Crippen molar-refractivity contribution in [2.75, 3.05) is 23.4 Å². The number of fused-ring (bicyclic) bond motifs is 1. The number of rotatable bonds is 3. The van der Waals surface area contributed by atoms with E-state index in [1.54, 1.807) is 6.20 Å². The summed E-state index contributed by atoms with van der Waals surface area (Å²) in [5.41, 5.74) is 1.47. The van der Waals surface area contributed by atoms with Gasteiger partial charge in [-0.25, -0.2) is 13.2 Å². The van der Waals surface area contributed by atoms with Crippen LogP contribution in [-0.4, -0.2) is 37.5 Å². The number of anilines is 1. The smallest absolute Gasteiger partial charge is 0.319 e. The van der Waals surface area contributed by atoms with Crippen molar-refractivity contribution in [3.05, 3.63) is 36.5 Å². The first-order chi connectivity index (χ1) is 10.5. The number of hydrogen-bond donors (Lipinski definition) is 2. The average molecular weight is 319 g/mol. The summed E-state index contributed by atoms with van der Waals surface area (Å²) >= 11 is 0. The molecule has 116 valence electrons. The van der Waals surface area contributed by atoms with Crippen molar-refractivity contribution in [3.8, 4) is 0 Å². The molecule has 1 saturated heterocycles. The Morgan fingerprint density at radius 3 is 2.91 bits per heavy atom. The number of aromatic nitrogens is 1. The quantitative estimate of drug-likeness (QED) is 0.903. The lowest BCUT2D eigenvalue weighted by atomic mass is 10.1. The molecule has 0 radical (unpaired) electrons. The highest BCUT2D eigenvalue weighted by molar-refractivity contribution is 7.91. The van der Waals surface area contributed by atoms with Gasteiger partial charge in [-0.3, -0.25) is 4.98 Å². The highest BCUT2D eigenvalue weighted by Gasteiger charge is 2.27. The van der Waals surface area contributed by atoms with Crippen LogP contribution in [0.2, 0.25) is 0 Å². The number of nitrogens with zero attached hydrogens (tertiary/aromatic N) is 1. The Kier molecular flexibility index (Phi) is 3.98. The fraction of sp³-hybridized carbons (Fsp3) is 0.333. The lowest BCUT2D eigenvalue weighted by Crippen LogP contribution is -2.33. The van der Waals surface area contributed by atoms with Crippen LogP contribution in [0.5, 0.6) is 0 Å². The standard InChI is InChI=1S/C15H17N3O3S/c19-15(17-8-11-5-6-22(20,21)10-11)18-13-7-12-3-1-2-4-14(12)16-9-13/h1-4,7,9,11H,5-6,8,10H2,(H2,17,18,19). The highest BCUT2D eigenvalue weighted by Crippen LogP contribution is 2.18. The van der Waals surface area contributed by atoms with Gasteiger partial charge in [-0.15, -0.1) is 0 Å².